The smallest absolute Gasteiger partial charge is 0.237 e. The first-order chi connectivity index (χ1) is 8.17. The molecule has 0 bridgehead atoms. The van der Waals surface area contributed by atoms with E-state index in [1.165, 1.54) is 12.4 Å². The first-order valence-corrected chi connectivity index (χ1v) is 5.21. The molecule has 0 N–H and O–H groups in total. The van der Waals surface area contributed by atoms with Gasteiger partial charge in [-0.25, -0.2) is 13.8 Å². The predicted molar refractivity (Wildman–Crippen MR) is 58.0 cm³/mol. The van der Waals surface area contributed by atoms with Crippen molar-refractivity contribution in [3.8, 4) is 11.6 Å². The second-order valence-electron chi connectivity index (χ2n) is 3.19. The summed E-state index contributed by atoms with van der Waals surface area (Å²) in [6, 6.07) is 2.87. The van der Waals surface area contributed by atoms with Gasteiger partial charge < -0.3 is 4.74 Å². The van der Waals surface area contributed by atoms with E-state index in [0.717, 1.165) is 18.2 Å². The molecule has 0 aliphatic rings. The van der Waals surface area contributed by atoms with Gasteiger partial charge in [-0.05, 0) is 0 Å². The molecule has 0 aliphatic heterocycles. The SMILES string of the molecule is Fc1cc(F)cc(Oc2cnc(CCl)cn2)c1. The fourth-order valence-corrected chi connectivity index (χ4v) is 1.31. The van der Waals surface area contributed by atoms with Crippen LogP contribution < -0.4 is 4.74 Å². The average Bonchev–Trinajstić information content (AvgIpc) is 2.28. The lowest BCUT2D eigenvalue weighted by Crippen LogP contribution is -1.93. The van der Waals surface area contributed by atoms with E-state index in [9.17, 15) is 8.78 Å². The van der Waals surface area contributed by atoms with E-state index in [1.807, 2.05) is 0 Å². The maximum atomic E-state index is 12.9. The van der Waals surface area contributed by atoms with Crippen molar-refractivity contribution in [2.75, 3.05) is 0 Å². The second kappa shape index (κ2) is 5.05. The molecule has 17 heavy (non-hydrogen) atoms. The van der Waals surface area contributed by atoms with E-state index >= 15 is 0 Å². The summed E-state index contributed by atoms with van der Waals surface area (Å²) in [6.45, 7) is 0. The highest BCUT2D eigenvalue weighted by atomic mass is 35.5. The molecule has 1 heterocycles. The van der Waals surface area contributed by atoms with E-state index in [2.05, 4.69) is 9.97 Å². The third-order valence-corrected chi connectivity index (χ3v) is 2.15. The predicted octanol–water partition coefficient (Wildman–Crippen LogP) is 3.29. The van der Waals surface area contributed by atoms with Gasteiger partial charge in [0.1, 0.15) is 17.4 Å². The van der Waals surface area contributed by atoms with Crippen LogP contribution in [0.4, 0.5) is 8.78 Å². The molecule has 1 aromatic heterocycles. The van der Waals surface area contributed by atoms with Crippen molar-refractivity contribution in [2.24, 2.45) is 0 Å². The van der Waals surface area contributed by atoms with Gasteiger partial charge in [0.2, 0.25) is 5.88 Å². The molecule has 0 unspecified atom stereocenters. The van der Waals surface area contributed by atoms with Crippen molar-refractivity contribution >= 4 is 11.6 Å². The summed E-state index contributed by atoms with van der Waals surface area (Å²) in [5, 5.41) is 0. The van der Waals surface area contributed by atoms with E-state index in [1.54, 1.807) is 0 Å². The Morgan fingerprint density at radius 1 is 1.06 bits per heavy atom. The lowest BCUT2D eigenvalue weighted by molar-refractivity contribution is 0.448. The molecule has 0 spiro atoms. The quantitative estimate of drug-likeness (QED) is 0.791. The molecule has 0 radical (unpaired) electrons. The molecule has 0 saturated carbocycles. The van der Waals surface area contributed by atoms with Gasteiger partial charge in [0.25, 0.3) is 0 Å². The Kier molecular flexibility index (Phi) is 3.49. The molecule has 2 aromatic rings. The zero-order chi connectivity index (χ0) is 12.3. The fourth-order valence-electron chi connectivity index (χ4n) is 1.17. The third kappa shape index (κ3) is 3.10. The van der Waals surface area contributed by atoms with Crippen molar-refractivity contribution in [1.82, 2.24) is 9.97 Å². The van der Waals surface area contributed by atoms with E-state index < -0.39 is 11.6 Å². The maximum Gasteiger partial charge on any atom is 0.237 e. The number of alkyl halides is 1. The Hall–Kier alpha value is -1.75. The summed E-state index contributed by atoms with van der Waals surface area (Å²) in [7, 11) is 0. The zero-order valence-electron chi connectivity index (χ0n) is 8.53. The zero-order valence-corrected chi connectivity index (χ0v) is 9.29. The molecule has 2 rings (SSSR count). The van der Waals surface area contributed by atoms with Crippen LogP contribution in [0.25, 0.3) is 0 Å². The first-order valence-electron chi connectivity index (χ1n) is 4.68. The molecule has 88 valence electrons. The first kappa shape index (κ1) is 11.7. The van der Waals surface area contributed by atoms with Crippen LogP contribution in [0.3, 0.4) is 0 Å². The molecular weight excluding hydrogens is 250 g/mol. The molecule has 0 fully saturated rings. The summed E-state index contributed by atoms with van der Waals surface area (Å²) in [6.07, 6.45) is 2.76. The normalized spacial score (nSPS) is 10.3. The highest BCUT2D eigenvalue weighted by molar-refractivity contribution is 6.16. The molecule has 0 aliphatic carbocycles. The summed E-state index contributed by atoms with van der Waals surface area (Å²) in [4.78, 5) is 7.82. The number of aromatic nitrogens is 2. The highest BCUT2D eigenvalue weighted by Gasteiger charge is 2.04. The van der Waals surface area contributed by atoms with Gasteiger partial charge in [-0.1, -0.05) is 0 Å². The Balaban J connectivity index is 2.19. The number of benzene rings is 1. The van der Waals surface area contributed by atoms with Gasteiger partial charge in [-0.3, -0.25) is 4.98 Å². The molecule has 3 nitrogen and oxygen atoms in total. The monoisotopic (exact) mass is 256 g/mol. The highest BCUT2D eigenvalue weighted by Crippen LogP contribution is 2.21. The minimum absolute atomic E-state index is 0.0235. The molecule has 0 atom stereocenters. The number of ether oxygens (including phenoxy) is 1. The number of nitrogens with zero attached hydrogens (tertiary/aromatic N) is 2. The van der Waals surface area contributed by atoms with Crippen molar-refractivity contribution in [1.29, 1.82) is 0 Å². The summed E-state index contributed by atoms with van der Waals surface area (Å²) in [5.41, 5.74) is 0.587. The average molecular weight is 257 g/mol. The van der Waals surface area contributed by atoms with Crippen LogP contribution in [0, 0.1) is 11.6 Å². The molecule has 0 saturated heterocycles. The van der Waals surface area contributed by atoms with Crippen LogP contribution in [0.2, 0.25) is 0 Å². The van der Waals surface area contributed by atoms with Crippen LogP contribution in [0.1, 0.15) is 5.69 Å². The van der Waals surface area contributed by atoms with Gasteiger partial charge in [0.15, 0.2) is 0 Å². The minimum Gasteiger partial charge on any atom is -0.437 e. The van der Waals surface area contributed by atoms with Crippen LogP contribution in [-0.2, 0) is 5.88 Å². The summed E-state index contributed by atoms with van der Waals surface area (Å²) in [5.74, 6) is -1.03. The Morgan fingerprint density at radius 2 is 1.76 bits per heavy atom. The van der Waals surface area contributed by atoms with Crippen molar-refractivity contribution in [2.45, 2.75) is 5.88 Å². The number of halogens is 3. The van der Waals surface area contributed by atoms with Crippen LogP contribution in [-0.4, -0.2) is 9.97 Å². The van der Waals surface area contributed by atoms with Crippen LogP contribution >= 0.6 is 11.6 Å². The van der Waals surface area contributed by atoms with Crippen molar-refractivity contribution in [3.05, 3.63) is 47.9 Å². The Labute approximate surface area is 101 Å². The number of hydrogen-bond acceptors (Lipinski definition) is 3. The van der Waals surface area contributed by atoms with Crippen LogP contribution in [0.15, 0.2) is 30.6 Å². The summed E-state index contributed by atoms with van der Waals surface area (Å²) >= 11 is 5.54. The van der Waals surface area contributed by atoms with Gasteiger partial charge in [-0.15, -0.1) is 11.6 Å². The van der Waals surface area contributed by atoms with E-state index in [0.29, 0.717) is 5.69 Å². The second-order valence-corrected chi connectivity index (χ2v) is 3.45. The topological polar surface area (TPSA) is 35.0 Å². The maximum absolute atomic E-state index is 12.9. The van der Waals surface area contributed by atoms with Crippen LogP contribution in [0.5, 0.6) is 11.6 Å². The Bertz CT molecular complexity index is 499. The third-order valence-electron chi connectivity index (χ3n) is 1.88. The lowest BCUT2D eigenvalue weighted by Gasteiger charge is -2.04. The Morgan fingerprint density at radius 3 is 2.29 bits per heavy atom. The molecule has 0 amide bonds. The lowest BCUT2D eigenvalue weighted by atomic mass is 10.3. The molecule has 1 aromatic carbocycles. The molecular formula is C11H7ClF2N2O. The van der Waals surface area contributed by atoms with Gasteiger partial charge in [0, 0.05) is 18.2 Å². The standard InChI is InChI=1S/C11H7ClF2N2O/c12-4-9-5-16-11(6-15-9)17-10-2-7(13)1-8(14)3-10/h1-3,5-6H,4H2. The molecule has 6 heteroatoms. The van der Waals surface area contributed by atoms with Crippen molar-refractivity contribution < 1.29 is 13.5 Å². The minimum atomic E-state index is -0.717. The van der Waals surface area contributed by atoms with Crippen molar-refractivity contribution in [3.63, 3.8) is 0 Å². The van der Waals surface area contributed by atoms with Gasteiger partial charge in [-0.2, -0.15) is 0 Å². The number of hydrogen-bond donors (Lipinski definition) is 0. The van der Waals surface area contributed by atoms with E-state index in [-0.39, 0.29) is 17.5 Å². The number of rotatable bonds is 3. The van der Waals surface area contributed by atoms with Gasteiger partial charge >= 0.3 is 0 Å². The van der Waals surface area contributed by atoms with Gasteiger partial charge in [0.05, 0.1) is 24.0 Å². The summed E-state index contributed by atoms with van der Waals surface area (Å²) < 4.78 is 30.9. The largest absolute Gasteiger partial charge is 0.437 e. The fraction of sp³-hybridized carbons (Fsp3) is 0.0909. The van der Waals surface area contributed by atoms with E-state index in [4.69, 9.17) is 16.3 Å².